The highest BCUT2D eigenvalue weighted by molar-refractivity contribution is 7.99. The first-order valence-corrected chi connectivity index (χ1v) is 11.9. The molecule has 8 heteroatoms. The fraction of sp³-hybridized carbons (Fsp3) is 0.160. The fourth-order valence-electron chi connectivity index (χ4n) is 3.33. The summed E-state index contributed by atoms with van der Waals surface area (Å²) in [4.78, 5) is 29.7. The summed E-state index contributed by atoms with van der Waals surface area (Å²) in [5.74, 6) is -0.0451. The van der Waals surface area contributed by atoms with Crippen LogP contribution in [0.4, 0.5) is 0 Å². The summed E-state index contributed by atoms with van der Waals surface area (Å²) < 4.78 is 1.84. The van der Waals surface area contributed by atoms with E-state index in [1.165, 1.54) is 11.8 Å². The van der Waals surface area contributed by atoms with Gasteiger partial charge in [-0.15, -0.1) is 0 Å². The number of para-hydroxylation sites is 2. The number of carbonyl (C=O) groups is 2. The lowest BCUT2D eigenvalue weighted by molar-refractivity contribution is -0.122. The normalized spacial score (nSPS) is 10.8. The molecule has 0 saturated heterocycles. The zero-order valence-electron chi connectivity index (χ0n) is 17.8. The number of benzene rings is 3. The molecule has 0 fully saturated rings. The minimum absolute atomic E-state index is 0.0920. The molecule has 1 heterocycles. The lowest BCUT2D eigenvalue weighted by Crippen LogP contribution is -2.28. The van der Waals surface area contributed by atoms with Gasteiger partial charge in [-0.25, -0.2) is 4.98 Å². The molecule has 0 saturated carbocycles. The number of halogens is 1. The van der Waals surface area contributed by atoms with Crippen molar-refractivity contribution < 1.29 is 9.59 Å². The van der Waals surface area contributed by atoms with Gasteiger partial charge in [0.15, 0.2) is 5.16 Å². The van der Waals surface area contributed by atoms with Crippen LogP contribution in [0.3, 0.4) is 0 Å². The molecule has 0 aliphatic rings. The lowest BCUT2D eigenvalue weighted by Gasteiger charge is -2.11. The van der Waals surface area contributed by atoms with E-state index in [0.717, 1.165) is 22.2 Å². The predicted molar refractivity (Wildman–Crippen MR) is 132 cm³/mol. The van der Waals surface area contributed by atoms with Crippen molar-refractivity contribution in [2.75, 3.05) is 5.75 Å². The first-order chi connectivity index (χ1) is 16.1. The summed E-state index contributed by atoms with van der Waals surface area (Å²) in [5, 5.41) is 7.07. The van der Waals surface area contributed by atoms with E-state index < -0.39 is 0 Å². The third-order valence-corrected chi connectivity index (χ3v) is 6.37. The number of rotatable bonds is 9. The number of aromatic nitrogens is 2. The molecule has 168 valence electrons. The predicted octanol–water partition coefficient (Wildman–Crippen LogP) is 4.41. The van der Waals surface area contributed by atoms with Crippen LogP contribution in [0.2, 0.25) is 5.02 Å². The van der Waals surface area contributed by atoms with Gasteiger partial charge in [0, 0.05) is 18.1 Å². The molecule has 3 aromatic carbocycles. The van der Waals surface area contributed by atoms with Crippen LogP contribution in [-0.4, -0.2) is 27.1 Å². The van der Waals surface area contributed by atoms with Crippen LogP contribution < -0.4 is 10.6 Å². The van der Waals surface area contributed by atoms with Gasteiger partial charge in [0.25, 0.3) is 0 Å². The molecule has 0 atom stereocenters. The Morgan fingerprint density at radius 2 is 1.55 bits per heavy atom. The Labute approximate surface area is 201 Å². The molecule has 0 aliphatic carbocycles. The van der Waals surface area contributed by atoms with E-state index in [1.807, 2.05) is 77.4 Å². The molecule has 0 unspecified atom stereocenters. The van der Waals surface area contributed by atoms with E-state index in [-0.39, 0.29) is 24.1 Å². The van der Waals surface area contributed by atoms with Crippen LogP contribution in [-0.2, 0) is 29.2 Å². The molecule has 0 aliphatic heterocycles. The number of hydrogen-bond donors (Lipinski definition) is 2. The number of thioether (sulfide) groups is 1. The molecule has 0 spiro atoms. The zero-order chi connectivity index (χ0) is 23.0. The van der Waals surface area contributed by atoms with Crippen LogP contribution in [0.15, 0.2) is 84.0 Å². The van der Waals surface area contributed by atoms with Crippen molar-refractivity contribution in [1.29, 1.82) is 0 Å². The van der Waals surface area contributed by atoms with Crippen LogP contribution in [0.5, 0.6) is 0 Å². The molecular formula is C25H23ClN4O2S. The van der Waals surface area contributed by atoms with Crippen molar-refractivity contribution in [1.82, 2.24) is 20.2 Å². The first-order valence-electron chi connectivity index (χ1n) is 10.5. The Hall–Kier alpha value is -3.29. The van der Waals surface area contributed by atoms with E-state index in [4.69, 9.17) is 11.6 Å². The van der Waals surface area contributed by atoms with E-state index in [2.05, 4.69) is 15.6 Å². The zero-order valence-corrected chi connectivity index (χ0v) is 19.4. The topological polar surface area (TPSA) is 76.0 Å². The SMILES string of the molecule is O=C(CSc1nc2ccccc2n1CC(=O)NCc1ccccc1Cl)NCc1ccccc1. The number of nitrogens with one attached hydrogen (secondary N) is 2. The lowest BCUT2D eigenvalue weighted by atomic mass is 10.2. The summed E-state index contributed by atoms with van der Waals surface area (Å²) >= 11 is 7.50. The Bertz CT molecular complexity index is 1260. The molecule has 2 amide bonds. The number of imidazole rings is 1. The molecule has 4 rings (SSSR count). The number of amides is 2. The number of nitrogens with zero attached hydrogens (tertiary/aromatic N) is 2. The minimum Gasteiger partial charge on any atom is -0.351 e. The number of carbonyl (C=O) groups excluding carboxylic acids is 2. The molecular weight excluding hydrogens is 456 g/mol. The maximum absolute atomic E-state index is 12.7. The van der Waals surface area contributed by atoms with Gasteiger partial charge in [0.1, 0.15) is 6.54 Å². The molecule has 1 aromatic heterocycles. The second-order valence-corrected chi connectivity index (χ2v) is 8.74. The van der Waals surface area contributed by atoms with Gasteiger partial charge in [0.2, 0.25) is 11.8 Å². The average Bonchev–Trinajstić information content (AvgIpc) is 3.19. The van der Waals surface area contributed by atoms with E-state index >= 15 is 0 Å². The largest absolute Gasteiger partial charge is 0.351 e. The van der Waals surface area contributed by atoms with Gasteiger partial charge >= 0.3 is 0 Å². The van der Waals surface area contributed by atoms with Gasteiger partial charge in [-0.05, 0) is 29.3 Å². The summed E-state index contributed by atoms with van der Waals surface area (Å²) in [5.41, 5.74) is 3.52. The van der Waals surface area contributed by atoms with Crippen molar-refractivity contribution in [3.63, 3.8) is 0 Å². The Balaban J connectivity index is 1.40. The molecule has 33 heavy (non-hydrogen) atoms. The summed E-state index contributed by atoms with van der Waals surface area (Å²) in [6.07, 6.45) is 0. The highest BCUT2D eigenvalue weighted by atomic mass is 35.5. The Morgan fingerprint density at radius 3 is 2.36 bits per heavy atom. The molecule has 0 bridgehead atoms. The van der Waals surface area contributed by atoms with Gasteiger partial charge in [-0.2, -0.15) is 0 Å². The molecule has 0 radical (unpaired) electrons. The highest BCUT2D eigenvalue weighted by Crippen LogP contribution is 2.24. The van der Waals surface area contributed by atoms with Gasteiger partial charge in [-0.3, -0.25) is 9.59 Å². The van der Waals surface area contributed by atoms with E-state index in [1.54, 1.807) is 6.07 Å². The first kappa shape index (κ1) is 22.9. The summed E-state index contributed by atoms with van der Waals surface area (Å²) in [7, 11) is 0. The molecule has 6 nitrogen and oxygen atoms in total. The third kappa shape index (κ3) is 6.15. The Kier molecular flexibility index (Phi) is 7.65. The van der Waals surface area contributed by atoms with E-state index in [9.17, 15) is 9.59 Å². The second-order valence-electron chi connectivity index (χ2n) is 7.39. The van der Waals surface area contributed by atoms with E-state index in [0.29, 0.717) is 23.3 Å². The van der Waals surface area contributed by atoms with Crippen molar-refractivity contribution in [3.05, 3.63) is 95.0 Å². The maximum Gasteiger partial charge on any atom is 0.240 e. The molecule has 4 aromatic rings. The Morgan fingerprint density at radius 1 is 0.848 bits per heavy atom. The van der Waals surface area contributed by atoms with Gasteiger partial charge in [-0.1, -0.05) is 84.0 Å². The quantitative estimate of drug-likeness (QED) is 0.349. The fourth-order valence-corrected chi connectivity index (χ4v) is 4.38. The number of hydrogen-bond acceptors (Lipinski definition) is 4. The number of fused-ring (bicyclic) bond motifs is 1. The standard InChI is InChI=1S/C25H23ClN4O2S/c26-20-11-5-4-10-19(20)15-28-23(31)16-30-22-13-7-6-12-21(22)29-25(30)33-17-24(32)27-14-18-8-2-1-3-9-18/h1-13H,14-17H2,(H,27,32)(H,28,31). The smallest absolute Gasteiger partial charge is 0.240 e. The minimum atomic E-state index is -0.159. The summed E-state index contributed by atoms with van der Waals surface area (Å²) in [6.45, 7) is 0.912. The molecule has 2 N–H and O–H groups in total. The van der Waals surface area contributed by atoms with Gasteiger partial charge < -0.3 is 15.2 Å². The van der Waals surface area contributed by atoms with Crippen molar-refractivity contribution in [2.24, 2.45) is 0 Å². The highest BCUT2D eigenvalue weighted by Gasteiger charge is 2.15. The van der Waals surface area contributed by atoms with Gasteiger partial charge in [0.05, 0.1) is 16.8 Å². The second kappa shape index (κ2) is 11.0. The summed E-state index contributed by atoms with van der Waals surface area (Å²) in [6, 6.07) is 24.8. The maximum atomic E-state index is 12.7. The van der Waals surface area contributed by atoms with Crippen LogP contribution in [0.25, 0.3) is 11.0 Å². The third-order valence-electron chi connectivity index (χ3n) is 5.02. The van der Waals surface area contributed by atoms with Crippen molar-refractivity contribution in [3.8, 4) is 0 Å². The monoisotopic (exact) mass is 478 g/mol. The van der Waals surface area contributed by atoms with Crippen LogP contribution in [0, 0.1) is 0 Å². The van der Waals surface area contributed by atoms with Crippen molar-refractivity contribution in [2.45, 2.75) is 24.8 Å². The van der Waals surface area contributed by atoms with Crippen molar-refractivity contribution >= 4 is 46.2 Å². The average molecular weight is 479 g/mol. The van der Waals surface area contributed by atoms with Crippen LogP contribution in [0.1, 0.15) is 11.1 Å². The van der Waals surface area contributed by atoms with Crippen LogP contribution >= 0.6 is 23.4 Å².